The summed E-state index contributed by atoms with van der Waals surface area (Å²) < 4.78 is 10.5. The summed E-state index contributed by atoms with van der Waals surface area (Å²) in [6, 6.07) is 16.6. The smallest absolute Gasteiger partial charge is 0.342 e. The maximum Gasteiger partial charge on any atom is 0.342 e. The Hall–Kier alpha value is -3.14. The second-order valence-electron chi connectivity index (χ2n) is 6.20. The molecular formula is C22H20O4. The number of ketones is 1. The topological polar surface area (TPSA) is 52.6 Å². The van der Waals surface area contributed by atoms with Crippen LogP contribution in [0.25, 0.3) is 10.8 Å². The highest BCUT2D eigenvalue weighted by molar-refractivity contribution is 6.02. The molecule has 3 aromatic carbocycles. The summed E-state index contributed by atoms with van der Waals surface area (Å²) in [5, 5.41) is 1.87. The molecule has 26 heavy (non-hydrogen) atoms. The standard InChI is InChI=1S/C22H20O4/c1-14-8-9-18(10-15(14)2)20(23)13-26-22(24)19-11-16-6-4-5-7-17(16)12-21(19)25-3/h4-12H,13H2,1-3H3. The largest absolute Gasteiger partial charge is 0.496 e. The SMILES string of the molecule is COc1cc2ccccc2cc1C(=O)OCC(=O)c1ccc(C)c(C)c1. The quantitative estimate of drug-likeness (QED) is 0.503. The fourth-order valence-corrected chi connectivity index (χ4v) is 2.75. The minimum absolute atomic E-state index is 0.235. The summed E-state index contributed by atoms with van der Waals surface area (Å²) in [6.45, 7) is 3.62. The van der Waals surface area contributed by atoms with Crippen molar-refractivity contribution >= 4 is 22.5 Å². The Labute approximate surface area is 152 Å². The van der Waals surface area contributed by atoms with Crippen molar-refractivity contribution in [1.82, 2.24) is 0 Å². The number of carbonyl (C=O) groups excluding carboxylic acids is 2. The van der Waals surface area contributed by atoms with E-state index in [9.17, 15) is 9.59 Å². The molecule has 0 fully saturated rings. The van der Waals surface area contributed by atoms with Crippen molar-refractivity contribution in [3.63, 3.8) is 0 Å². The Balaban J connectivity index is 1.78. The molecule has 132 valence electrons. The van der Waals surface area contributed by atoms with Crippen LogP contribution in [0.4, 0.5) is 0 Å². The number of Topliss-reactive ketones (excluding diaryl/α,β-unsaturated/α-hetero) is 1. The van der Waals surface area contributed by atoms with Crippen molar-refractivity contribution in [2.75, 3.05) is 13.7 Å². The normalized spacial score (nSPS) is 10.6. The second-order valence-corrected chi connectivity index (χ2v) is 6.20. The van der Waals surface area contributed by atoms with Crippen LogP contribution < -0.4 is 4.74 Å². The molecule has 0 aliphatic heterocycles. The van der Waals surface area contributed by atoms with Gasteiger partial charge in [-0.15, -0.1) is 0 Å². The highest BCUT2D eigenvalue weighted by Gasteiger charge is 2.17. The molecule has 0 N–H and O–H groups in total. The number of ether oxygens (including phenoxy) is 2. The first-order chi connectivity index (χ1) is 12.5. The van der Waals surface area contributed by atoms with Crippen molar-refractivity contribution < 1.29 is 19.1 Å². The molecule has 3 aromatic rings. The molecule has 0 atom stereocenters. The number of esters is 1. The van der Waals surface area contributed by atoms with Crippen molar-refractivity contribution in [2.45, 2.75) is 13.8 Å². The molecule has 0 spiro atoms. The van der Waals surface area contributed by atoms with Crippen LogP contribution in [0, 0.1) is 13.8 Å². The molecule has 3 rings (SSSR count). The lowest BCUT2D eigenvalue weighted by molar-refractivity contribution is 0.0472. The zero-order valence-corrected chi connectivity index (χ0v) is 15.0. The third kappa shape index (κ3) is 3.59. The average Bonchev–Trinajstić information content (AvgIpc) is 2.66. The van der Waals surface area contributed by atoms with Gasteiger partial charge < -0.3 is 9.47 Å². The van der Waals surface area contributed by atoms with E-state index in [1.165, 1.54) is 7.11 Å². The minimum Gasteiger partial charge on any atom is -0.496 e. The minimum atomic E-state index is -0.579. The van der Waals surface area contributed by atoms with Crippen molar-refractivity contribution in [3.8, 4) is 5.75 Å². The van der Waals surface area contributed by atoms with Crippen molar-refractivity contribution in [1.29, 1.82) is 0 Å². The van der Waals surface area contributed by atoms with E-state index in [-0.39, 0.29) is 12.4 Å². The first kappa shape index (κ1) is 17.7. The number of hydrogen-bond donors (Lipinski definition) is 0. The maximum absolute atomic E-state index is 12.5. The van der Waals surface area contributed by atoms with E-state index >= 15 is 0 Å². The predicted octanol–water partition coefficient (Wildman–Crippen LogP) is 4.50. The summed E-state index contributed by atoms with van der Waals surface area (Å²) in [5.74, 6) is -0.390. The van der Waals surface area contributed by atoms with Crippen molar-refractivity contribution in [3.05, 3.63) is 76.9 Å². The van der Waals surface area contributed by atoms with Gasteiger partial charge >= 0.3 is 5.97 Å². The lowest BCUT2D eigenvalue weighted by Crippen LogP contribution is -2.15. The average molecular weight is 348 g/mol. The van der Waals surface area contributed by atoms with Crippen LogP contribution in [0.3, 0.4) is 0 Å². The Morgan fingerprint density at radius 3 is 2.23 bits per heavy atom. The van der Waals surface area contributed by atoms with Gasteiger partial charge in [0.25, 0.3) is 0 Å². The first-order valence-electron chi connectivity index (χ1n) is 8.34. The number of rotatable bonds is 5. The van der Waals surface area contributed by atoms with E-state index in [0.717, 1.165) is 21.9 Å². The molecule has 0 saturated carbocycles. The second kappa shape index (κ2) is 7.40. The Morgan fingerprint density at radius 1 is 0.885 bits per heavy atom. The number of benzene rings is 3. The van der Waals surface area contributed by atoms with Gasteiger partial charge in [0, 0.05) is 5.56 Å². The van der Waals surface area contributed by atoms with Gasteiger partial charge in [-0.1, -0.05) is 36.4 Å². The van der Waals surface area contributed by atoms with Crippen LogP contribution in [-0.4, -0.2) is 25.5 Å². The van der Waals surface area contributed by atoms with E-state index in [0.29, 0.717) is 16.9 Å². The van der Waals surface area contributed by atoms with E-state index in [2.05, 4.69) is 0 Å². The van der Waals surface area contributed by atoms with Crippen molar-refractivity contribution in [2.24, 2.45) is 0 Å². The van der Waals surface area contributed by atoms with Gasteiger partial charge in [-0.2, -0.15) is 0 Å². The third-order valence-corrected chi connectivity index (χ3v) is 4.45. The van der Waals surface area contributed by atoms with Gasteiger partial charge in [0.15, 0.2) is 12.4 Å². The highest BCUT2D eigenvalue weighted by atomic mass is 16.5. The lowest BCUT2D eigenvalue weighted by atomic mass is 10.0. The van der Waals surface area contributed by atoms with E-state index in [1.54, 1.807) is 18.2 Å². The number of hydrogen-bond acceptors (Lipinski definition) is 4. The van der Waals surface area contributed by atoms with Crippen LogP contribution >= 0.6 is 0 Å². The lowest BCUT2D eigenvalue weighted by Gasteiger charge is -2.10. The molecule has 0 aromatic heterocycles. The zero-order valence-electron chi connectivity index (χ0n) is 15.0. The molecule has 0 saturated heterocycles. The molecule has 0 unspecified atom stereocenters. The van der Waals surface area contributed by atoms with Gasteiger partial charge in [-0.05, 0) is 53.9 Å². The van der Waals surface area contributed by atoms with Crippen LogP contribution in [-0.2, 0) is 4.74 Å². The molecular weight excluding hydrogens is 328 g/mol. The van der Waals surface area contributed by atoms with Crippen LogP contribution in [0.1, 0.15) is 31.8 Å². The highest BCUT2D eigenvalue weighted by Crippen LogP contribution is 2.26. The fraction of sp³-hybridized carbons (Fsp3) is 0.182. The van der Waals surface area contributed by atoms with E-state index < -0.39 is 5.97 Å². The number of aryl methyl sites for hydroxylation is 2. The third-order valence-electron chi connectivity index (χ3n) is 4.45. The number of fused-ring (bicyclic) bond motifs is 1. The Bertz CT molecular complexity index is 989. The zero-order chi connectivity index (χ0) is 18.7. The van der Waals surface area contributed by atoms with Crippen LogP contribution in [0.2, 0.25) is 0 Å². The number of methoxy groups -OCH3 is 1. The summed E-state index contributed by atoms with van der Waals surface area (Å²) >= 11 is 0. The molecule has 0 aliphatic carbocycles. The van der Waals surface area contributed by atoms with Crippen LogP contribution in [0.5, 0.6) is 5.75 Å². The Morgan fingerprint density at radius 2 is 1.58 bits per heavy atom. The monoisotopic (exact) mass is 348 g/mol. The molecule has 0 heterocycles. The molecule has 0 bridgehead atoms. The first-order valence-corrected chi connectivity index (χ1v) is 8.34. The maximum atomic E-state index is 12.5. The van der Waals surface area contributed by atoms with Gasteiger partial charge in [-0.3, -0.25) is 4.79 Å². The van der Waals surface area contributed by atoms with Crippen LogP contribution in [0.15, 0.2) is 54.6 Å². The van der Waals surface area contributed by atoms with Gasteiger partial charge in [0.05, 0.1) is 7.11 Å². The summed E-state index contributed by atoms with van der Waals surface area (Å²) in [6.07, 6.45) is 0. The molecule has 0 aliphatic rings. The fourth-order valence-electron chi connectivity index (χ4n) is 2.75. The summed E-state index contributed by atoms with van der Waals surface area (Å²) in [4.78, 5) is 24.8. The van der Waals surface area contributed by atoms with E-state index in [1.807, 2.05) is 50.2 Å². The predicted molar refractivity (Wildman–Crippen MR) is 101 cm³/mol. The van der Waals surface area contributed by atoms with Gasteiger partial charge in [0.2, 0.25) is 0 Å². The summed E-state index contributed by atoms with van der Waals surface area (Å²) in [5.41, 5.74) is 2.98. The molecule has 4 heteroatoms. The molecule has 0 radical (unpaired) electrons. The molecule has 4 nitrogen and oxygen atoms in total. The Kier molecular flexibility index (Phi) is 5.03. The van der Waals surface area contributed by atoms with Gasteiger partial charge in [-0.25, -0.2) is 4.79 Å². The van der Waals surface area contributed by atoms with E-state index in [4.69, 9.17) is 9.47 Å². The summed E-state index contributed by atoms with van der Waals surface area (Å²) in [7, 11) is 1.50. The molecule has 0 amide bonds. The number of carbonyl (C=O) groups is 2. The van der Waals surface area contributed by atoms with Gasteiger partial charge in [0.1, 0.15) is 11.3 Å².